The van der Waals surface area contributed by atoms with Crippen molar-refractivity contribution in [3.63, 3.8) is 0 Å². The topological polar surface area (TPSA) is 109 Å². The second kappa shape index (κ2) is 11.4. The molecule has 0 saturated carbocycles. The predicted octanol–water partition coefficient (Wildman–Crippen LogP) is 6.03. The number of carbonyl (C=O) groups excluding carboxylic acids is 4. The normalized spacial score (nSPS) is 16.6. The van der Waals surface area contributed by atoms with Gasteiger partial charge in [0.2, 0.25) is 0 Å². The van der Waals surface area contributed by atoms with E-state index < -0.39 is 29.2 Å². The zero-order valence-electron chi connectivity index (χ0n) is 24.5. The Labute approximate surface area is 254 Å². The van der Waals surface area contributed by atoms with E-state index in [2.05, 4.69) is 0 Å². The van der Waals surface area contributed by atoms with Crippen molar-refractivity contribution in [3.8, 4) is 11.3 Å². The van der Waals surface area contributed by atoms with Crippen LogP contribution in [0.5, 0.6) is 0 Å². The number of Topliss-reactive ketones (excluding diaryl/α,β-unsaturated/α-hetero) is 1. The van der Waals surface area contributed by atoms with Gasteiger partial charge in [-0.25, -0.2) is 4.79 Å². The molecule has 0 fully saturated rings. The van der Waals surface area contributed by atoms with Crippen LogP contribution in [0.4, 0.5) is 0 Å². The van der Waals surface area contributed by atoms with Gasteiger partial charge in [0.1, 0.15) is 11.5 Å². The average molecular weight is 591 g/mol. The van der Waals surface area contributed by atoms with E-state index >= 15 is 0 Å². The lowest BCUT2D eigenvalue weighted by Gasteiger charge is -2.36. The molecule has 0 bridgehead atoms. The van der Waals surface area contributed by atoms with Crippen molar-refractivity contribution in [2.24, 2.45) is 5.41 Å². The number of esters is 3. The highest BCUT2D eigenvalue weighted by molar-refractivity contribution is 6.34. The first-order valence-corrected chi connectivity index (χ1v) is 14.3. The van der Waals surface area contributed by atoms with Gasteiger partial charge in [0.15, 0.2) is 11.2 Å². The maximum absolute atomic E-state index is 14.9. The summed E-state index contributed by atoms with van der Waals surface area (Å²) < 4.78 is 22.0. The van der Waals surface area contributed by atoms with Gasteiger partial charge in [-0.05, 0) is 35.8 Å². The Morgan fingerprint density at radius 1 is 0.818 bits per heavy atom. The van der Waals surface area contributed by atoms with E-state index in [1.165, 1.54) is 14.2 Å². The Kier molecular flexibility index (Phi) is 7.51. The molecule has 1 unspecified atom stereocenters. The summed E-state index contributed by atoms with van der Waals surface area (Å²) in [5, 5.41) is 0. The summed E-state index contributed by atoms with van der Waals surface area (Å²) in [6.45, 7) is 1.96. The minimum Gasteiger partial charge on any atom is -0.468 e. The second-order valence-corrected chi connectivity index (χ2v) is 10.8. The summed E-state index contributed by atoms with van der Waals surface area (Å²) in [5.74, 6) is -2.10. The fraction of sp³-hybridized carbons (Fsp3) is 0.222. The van der Waals surface area contributed by atoms with Crippen LogP contribution in [0.15, 0.2) is 89.3 Å². The number of furan rings is 1. The van der Waals surface area contributed by atoms with Gasteiger partial charge in [-0.1, -0.05) is 72.8 Å². The molecule has 2 aliphatic carbocycles. The van der Waals surface area contributed by atoms with Crippen molar-refractivity contribution in [1.82, 2.24) is 0 Å². The Morgan fingerprint density at radius 2 is 1.43 bits per heavy atom. The summed E-state index contributed by atoms with van der Waals surface area (Å²) >= 11 is 0. The van der Waals surface area contributed by atoms with E-state index in [-0.39, 0.29) is 25.2 Å². The van der Waals surface area contributed by atoms with Gasteiger partial charge in [0.05, 0.1) is 32.3 Å². The van der Waals surface area contributed by atoms with Crippen LogP contribution in [0.2, 0.25) is 0 Å². The molecule has 1 atom stereocenters. The van der Waals surface area contributed by atoms with Crippen LogP contribution < -0.4 is 0 Å². The summed E-state index contributed by atoms with van der Waals surface area (Å²) in [6, 6.07) is 25.5. The third-order valence-electron chi connectivity index (χ3n) is 8.37. The zero-order chi connectivity index (χ0) is 31.0. The highest BCUT2D eigenvalue weighted by Crippen LogP contribution is 2.56. The molecule has 0 amide bonds. The molecular formula is C36H30O8. The summed E-state index contributed by atoms with van der Waals surface area (Å²) in [4.78, 5) is 54.1. The zero-order valence-corrected chi connectivity index (χ0v) is 24.5. The van der Waals surface area contributed by atoms with Crippen LogP contribution in [0.25, 0.3) is 22.5 Å². The molecule has 0 radical (unpaired) electrons. The van der Waals surface area contributed by atoms with Crippen molar-refractivity contribution in [3.05, 3.63) is 119 Å². The molecule has 1 aromatic heterocycles. The molecule has 44 heavy (non-hydrogen) atoms. The lowest BCUT2D eigenvalue weighted by molar-refractivity contribution is -0.169. The van der Waals surface area contributed by atoms with E-state index in [1.54, 1.807) is 31.2 Å². The van der Waals surface area contributed by atoms with Crippen LogP contribution in [0.3, 0.4) is 0 Å². The highest BCUT2D eigenvalue weighted by atomic mass is 16.5. The number of benzene rings is 3. The van der Waals surface area contributed by atoms with Gasteiger partial charge in [-0.2, -0.15) is 0 Å². The summed E-state index contributed by atoms with van der Waals surface area (Å²) in [5.41, 5.74) is 2.84. The van der Waals surface area contributed by atoms with Crippen molar-refractivity contribution >= 4 is 34.8 Å². The molecule has 0 saturated heterocycles. The Bertz CT molecular complexity index is 1780. The fourth-order valence-electron chi connectivity index (χ4n) is 6.42. The summed E-state index contributed by atoms with van der Waals surface area (Å²) in [6.07, 6.45) is -0.238. The first kappa shape index (κ1) is 28.9. The molecule has 0 spiro atoms. The minimum absolute atomic E-state index is 0.101. The molecule has 0 N–H and O–H groups in total. The number of rotatable bonds is 7. The number of hydrogen-bond acceptors (Lipinski definition) is 8. The van der Waals surface area contributed by atoms with Gasteiger partial charge < -0.3 is 18.6 Å². The minimum atomic E-state index is -1.77. The van der Waals surface area contributed by atoms with E-state index in [4.69, 9.17) is 18.6 Å². The van der Waals surface area contributed by atoms with Crippen LogP contribution in [0, 0.1) is 5.41 Å². The number of hydrogen-bond donors (Lipinski definition) is 0. The third kappa shape index (κ3) is 4.54. The summed E-state index contributed by atoms with van der Waals surface area (Å²) in [7, 11) is 2.43. The van der Waals surface area contributed by atoms with Crippen LogP contribution >= 0.6 is 0 Å². The maximum Gasteiger partial charge on any atom is 0.338 e. The van der Waals surface area contributed by atoms with Crippen molar-refractivity contribution in [2.45, 2.75) is 25.7 Å². The quantitative estimate of drug-likeness (QED) is 0.146. The fourth-order valence-corrected chi connectivity index (χ4v) is 6.42. The van der Waals surface area contributed by atoms with E-state index in [0.717, 1.165) is 11.1 Å². The number of carbonyl (C=O) groups is 4. The molecule has 4 aromatic rings. The number of allylic oxidation sites excluding steroid dienone is 2. The predicted molar refractivity (Wildman–Crippen MR) is 161 cm³/mol. The number of ether oxygens (including phenoxy) is 3. The van der Waals surface area contributed by atoms with Gasteiger partial charge in [0.25, 0.3) is 0 Å². The largest absolute Gasteiger partial charge is 0.468 e. The first-order valence-electron chi connectivity index (χ1n) is 14.3. The Morgan fingerprint density at radius 3 is 2.02 bits per heavy atom. The van der Waals surface area contributed by atoms with Crippen molar-refractivity contribution < 1.29 is 37.8 Å². The number of ketones is 1. The van der Waals surface area contributed by atoms with Crippen LogP contribution in [0.1, 0.15) is 57.6 Å². The van der Waals surface area contributed by atoms with Gasteiger partial charge in [0, 0.05) is 35.1 Å². The van der Waals surface area contributed by atoms with Crippen molar-refractivity contribution in [1.29, 1.82) is 0 Å². The monoisotopic (exact) mass is 590 g/mol. The maximum atomic E-state index is 14.9. The SMILES string of the molecule is CCOC(=O)c1ccc(C2=C3CC(C(=O)OC)(C(=O)OC)Cc4oc(-c5ccccc5)c(c43)C(c3ccccc3)C2=O)cc1. The van der Waals surface area contributed by atoms with E-state index in [0.29, 0.717) is 44.9 Å². The van der Waals surface area contributed by atoms with Crippen molar-refractivity contribution in [2.75, 3.05) is 20.8 Å². The lowest BCUT2D eigenvalue weighted by atomic mass is 9.64. The lowest BCUT2D eigenvalue weighted by Crippen LogP contribution is -2.46. The molecule has 222 valence electrons. The Hall–Kier alpha value is -5.24. The first-order chi connectivity index (χ1) is 21.3. The highest BCUT2D eigenvalue weighted by Gasteiger charge is 2.56. The smallest absolute Gasteiger partial charge is 0.338 e. The van der Waals surface area contributed by atoms with Gasteiger partial charge in [-0.15, -0.1) is 0 Å². The molecule has 1 heterocycles. The molecule has 6 rings (SSSR count). The number of methoxy groups -OCH3 is 2. The van der Waals surface area contributed by atoms with Gasteiger partial charge in [-0.3, -0.25) is 14.4 Å². The standard InChI is InChI=1S/C36H30O8/c1-4-43-33(38)24-17-15-22(16-18-24)27-25-19-36(34(39)41-2,35(40)42-3)20-26-29(25)30(32(44-26)23-13-9-6-10-14-23)28(31(27)37)21-11-7-5-8-12-21/h5-18,28H,4,19-20H2,1-3H3. The van der Waals surface area contributed by atoms with E-state index in [1.807, 2.05) is 60.7 Å². The van der Waals surface area contributed by atoms with Gasteiger partial charge >= 0.3 is 17.9 Å². The molecule has 0 aliphatic heterocycles. The molecular weight excluding hydrogens is 560 g/mol. The third-order valence-corrected chi connectivity index (χ3v) is 8.37. The molecule has 8 heteroatoms. The molecule has 2 aliphatic rings. The average Bonchev–Trinajstić information content (AvgIpc) is 3.44. The Balaban J connectivity index is 1.68. The van der Waals surface area contributed by atoms with E-state index in [9.17, 15) is 19.2 Å². The molecule has 3 aromatic carbocycles. The second-order valence-electron chi connectivity index (χ2n) is 10.8. The van der Waals surface area contributed by atoms with Crippen LogP contribution in [-0.2, 0) is 35.0 Å². The molecule has 8 nitrogen and oxygen atoms in total. The van der Waals surface area contributed by atoms with Crippen LogP contribution in [-0.4, -0.2) is 44.5 Å².